The van der Waals surface area contributed by atoms with Crippen LogP contribution in [0, 0.1) is 0 Å². The fourth-order valence-corrected chi connectivity index (χ4v) is 3.95. The van der Waals surface area contributed by atoms with Gasteiger partial charge in [-0.15, -0.1) is 0 Å². The predicted octanol–water partition coefficient (Wildman–Crippen LogP) is 2.70. The van der Waals surface area contributed by atoms with Gasteiger partial charge >= 0.3 is 17.5 Å². The normalized spacial score (nSPS) is 18.7. The molecule has 1 amide bonds. The molecule has 0 aliphatic heterocycles. The molecule has 1 aromatic carbocycles. The highest BCUT2D eigenvalue weighted by molar-refractivity contribution is 6.04. The van der Waals surface area contributed by atoms with E-state index in [2.05, 4.69) is 5.32 Å². The van der Waals surface area contributed by atoms with E-state index in [9.17, 15) is 15.1 Å². The number of ether oxygens (including phenoxy) is 2. The number of nitrogens with zero attached hydrogens (tertiary/aromatic N) is 3. The smallest absolute Gasteiger partial charge is 0.417 e. The lowest BCUT2D eigenvalue weighted by Crippen LogP contribution is -2.40. The van der Waals surface area contributed by atoms with Gasteiger partial charge in [-0.05, 0) is 44.7 Å². The molecule has 0 radical (unpaired) electrons. The quantitative estimate of drug-likeness (QED) is 0.412. The van der Waals surface area contributed by atoms with E-state index in [0.717, 1.165) is 36.6 Å². The zero-order chi connectivity index (χ0) is 22.0. The monoisotopic (exact) mass is 427 g/mol. The molecule has 4 rings (SSSR count). The SMILES string of the molecule is CCOc1cc2nn(C3CCC(O)CC3)cc2cc1NC(=O)c1cccc(OC)[n+]1O. The van der Waals surface area contributed by atoms with Crippen molar-refractivity contribution in [1.82, 2.24) is 9.78 Å². The first-order valence-corrected chi connectivity index (χ1v) is 10.4. The van der Waals surface area contributed by atoms with Gasteiger partial charge in [-0.1, -0.05) is 0 Å². The Balaban J connectivity index is 1.64. The van der Waals surface area contributed by atoms with E-state index < -0.39 is 5.91 Å². The lowest BCUT2D eigenvalue weighted by molar-refractivity contribution is -0.907. The molecule has 9 nitrogen and oxygen atoms in total. The van der Waals surface area contributed by atoms with Crippen LogP contribution in [-0.4, -0.2) is 45.8 Å². The Hall–Kier alpha value is -3.33. The van der Waals surface area contributed by atoms with Gasteiger partial charge in [0.15, 0.2) is 0 Å². The largest absolute Gasteiger partial charge is 0.492 e. The van der Waals surface area contributed by atoms with Gasteiger partial charge in [-0.2, -0.15) is 5.10 Å². The summed E-state index contributed by atoms with van der Waals surface area (Å²) in [7, 11) is 1.41. The Morgan fingerprint density at radius 2 is 2.06 bits per heavy atom. The first-order chi connectivity index (χ1) is 15.0. The lowest BCUT2D eigenvalue weighted by Gasteiger charge is -2.25. The summed E-state index contributed by atoms with van der Waals surface area (Å²) < 4.78 is 13.4. The number of hydrogen-bond donors (Lipinski definition) is 3. The first kappa shape index (κ1) is 20.9. The van der Waals surface area contributed by atoms with Gasteiger partial charge in [-0.3, -0.25) is 14.7 Å². The lowest BCUT2D eigenvalue weighted by atomic mass is 9.93. The van der Waals surface area contributed by atoms with Crippen LogP contribution in [0.25, 0.3) is 10.9 Å². The maximum Gasteiger partial charge on any atom is 0.417 e. The Morgan fingerprint density at radius 1 is 1.29 bits per heavy atom. The van der Waals surface area contributed by atoms with Crippen molar-refractivity contribution in [1.29, 1.82) is 0 Å². The minimum absolute atomic E-state index is 0.0263. The van der Waals surface area contributed by atoms with Crippen LogP contribution >= 0.6 is 0 Å². The second kappa shape index (κ2) is 8.81. The molecule has 9 heteroatoms. The van der Waals surface area contributed by atoms with E-state index in [-0.39, 0.29) is 23.7 Å². The van der Waals surface area contributed by atoms with E-state index in [4.69, 9.17) is 14.6 Å². The fourth-order valence-electron chi connectivity index (χ4n) is 3.95. The van der Waals surface area contributed by atoms with E-state index in [0.29, 0.717) is 22.8 Å². The average molecular weight is 427 g/mol. The van der Waals surface area contributed by atoms with Gasteiger partial charge < -0.3 is 19.9 Å². The standard InChI is InChI=1S/C22H26N4O5/c1-3-31-20-12-17-14(13-25(24-17)15-7-9-16(27)10-8-15)11-18(20)23-22(28)19-5-4-6-21(30-2)26(19)29/h4-6,11-13,15-16,27H,3,7-10H2,1-2H3,(H-,23,28,29)/p+1. The van der Waals surface area contributed by atoms with Gasteiger partial charge in [0.25, 0.3) is 0 Å². The highest BCUT2D eigenvalue weighted by atomic mass is 16.5. The molecule has 0 spiro atoms. The van der Waals surface area contributed by atoms with Crippen LogP contribution < -0.4 is 19.5 Å². The van der Waals surface area contributed by atoms with Crippen molar-refractivity contribution in [2.45, 2.75) is 44.8 Å². The second-order valence-electron chi connectivity index (χ2n) is 7.63. The van der Waals surface area contributed by atoms with Crippen molar-refractivity contribution < 1.29 is 29.3 Å². The van der Waals surface area contributed by atoms with Crippen LogP contribution in [0.2, 0.25) is 0 Å². The van der Waals surface area contributed by atoms with Crippen molar-refractivity contribution in [2.24, 2.45) is 0 Å². The van der Waals surface area contributed by atoms with E-state index in [1.165, 1.54) is 13.2 Å². The summed E-state index contributed by atoms with van der Waals surface area (Å²) in [5.74, 6) is 0.141. The summed E-state index contributed by atoms with van der Waals surface area (Å²) in [6.07, 6.45) is 5.04. The van der Waals surface area contributed by atoms with E-state index in [1.807, 2.05) is 23.9 Å². The molecule has 1 aliphatic carbocycles. The van der Waals surface area contributed by atoms with Gasteiger partial charge in [0.05, 0.1) is 47.9 Å². The maximum absolute atomic E-state index is 12.8. The number of nitrogens with one attached hydrogen (secondary N) is 1. The van der Waals surface area contributed by atoms with Crippen LogP contribution in [0.4, 0.5) is 5.69 Å². The van der Waals surface area contributed by atoms with Gasteiger partial charge in [-0.25, -0.2) is 0 Å². The van der Waals surface area contributed by atoms with Crippen LogP contribution in [-0.2, 0) is 0 Å². The fraction of sp³-hybridized carbons (Fsp3) is 0.409. The number of methoxy groups -OCH3 is 1. The zero-order valence-electron chi connectivity index (χ0n) is 17.6. The summed E-state index contributed by atoms with van der Waals surface area (Å²) in [5.41, 5.74) is 1.28. The molecular weight excluding hydrogens is 400 g/mol. The molecule has 2 aromatic heterocycles. The highest BCUT2D eigenvalue weighted by Gasteiger charge is 2.26. The molecule has 0 unspecified atom stereocenters. The Bertz CT molecular complexity index is 1090. The summed E-state index contributed by atoms with van der Waals surface area (Å²) in [6.45, 7) is 2.29. The van der Waals surface area contributed by atoms with Crippen molar-refractivity contribution in [3.63, 3.8) is 0 Å². The van der Waals surface area contributed by atoms with Crippen LogP contribution in [0.1, 0.15) is 49.1 Å². The molecule has 164 valence electrons. The van der Waals surface area contributed by atoms with Crippen molar-refractivity contribution in [3.8, 4) is 11.6 Å². The molecular formula is C22H27N4O5+. The van der Waals surface area contributed by atoms with E-state index in [1.54, 1.807) is 18.2 Å². The number of amides is 1. The molecule has 2 heterocycles. The number of anilines is 1. The van der Waals surface area contributed by atoms with Gasteiger partial charge in [0.2, 0.25) is 0 Å². The van der Waals surface area contributed by atoms with Crippen LogP contribution in [0.3, 0.4) is 0 Å². The predicted molar refractivity (Wildman–Crippen MR) is 113 cm³/mol. The van der Waals surface area contributed by atoms with Gasteiger partial charge in [0, 0.05) is 23.7 Å². The Labute approximate surface area is 179 Å². The topological polar surface area (TPSA) is 110 Å². The number of pyridine rings is 1. The number of rotatable bonds is 6. The zero-order valence-corrected chi connectivity index (χ0v) is 17.6. The minimum atomic E-state index is -0.504. The number of aromatic nitrogens is 3. The number of fused-ring (bicyclic) bond motifs is 1. The summed E-state index contributed by atoms with van der Waals surface area (Å²) in [4.78, 5) is 12.8. The molecule has 1 aliphatic rings. The first-order valence-electron chi connectivity index (χ1n) is 10.4. The number of carbonyl (C=O) groups is 1. The third-order valence-electron chi connectivity index (χ3n) is 5.58. The Kier molecular flexibility index (Phi) is 5.94. The third-order valence-corrected chi connectivity index (χ3v) is 5.58. The summed E-state index contributed by atoms with van der Waals surface area (Å²) in [5, 5.41) is 28.4. The highest BCUT2D eigenvalue weighted by Crippen LogP contribution is 2.33. The maximum atomic E-state index is 12.8. The Morgan fingerprint density at radius 3 is 2.77 bits per heavy atom. The second-order valence-corrected chi connectivity index (χ2v) is 7.63. The third kappa shape index (κ3) is 4.27. The number of benzene rings is 1. The molecule has 3 aromatic rings. The molecule has 0 atom stereocenters. The van der Waals surface area contributed by atoms with Crippen molar-refractivity contribution in [2.75, 3.05) is 19.0 Å². The minimum Gasteiger partial charge on any atom is -0.492 e. The summed E-state index contributed by atoms with van der Waals surface area (Å²) in [6, 6.07) is 8.54. The molecule has 1 saturated carbocycles. The van der Waals surface area contributed by atoms with Crippen molar-refractivity contribution in [3.05, 3.63) is 42.2 Å². The molecule has 31 heavy (non-hydrogen) atoms. The number of hydrogen-bond acceptors (Lipinski definition) is 6. The molecule has 1 fully saturated rings. The molecule has 0 saturated heterocycles. The van der Waals surface area contributed by atoms with E-state index >= 15 is 0 Å². The van der Waals surface area contributed by atoms with Crippen LogP contribution in [0.5, 0.6) is 11.6 Å². The molecule has 3 N–H and O–H groups in total. The van der Waals surface area contributed by atoms with Crippen LogP contribution in [0.15, 0.2) is 36.5 Å². The number of aliphatic hydroxyl groups is 1. The number of aliphatic hydroxyl groups excluding tert-OH is 1. The van der Waals surface area contributed by atoms with Crippen molar-refractivity contribution >= 4 is 22.5 Å². The summed E-state index contributed by atoms with van der Waals surface area (Å²) >= 11 is 0. The van der Waals surface area contributed by atoms with Gasteiger partial charge in [0.1, 0.15) is 5.75 Å². The molecule has 0 bridgehead atoms. The number of carbonyl (C=O) groups excluding carboxylic acids is 1. The average Bonchev–Trinajstić information content (AvgIpc) is 3.17.